The van der Waals surface area contributed by atoms with E-state index in [-0.39, 0.29) is 5.82 Å². The van der Waals surface area contributed by atoms with Gasteiger partial charge in [0, 0.05) is 5.56 Å². The van der Waals surface area contributed by atoms with Gasteiger partial charge in [-0.05, 0) is 12.5 Å². The minimum atomic E-state index is -0.590. The van der Waals surface area contributed by atoms with Crippen LogP contribution in [0.1, 0.15) is 16.2 Å². The zero-order valence-corrected chi connectivity index (χ0v) is 9.54. The summed E-state index contributed by atoms with van der Waals surface area (Å²) < 4.78 is 4.55. The predicted octanol–water partition coefficient (Wildman–Crippen LogP) is 1.63. The van der Waals surface area contributed by atoms with E-state index < -0.39 is 5.97 Å². The first-order valence-electron chi connectivity index (χ1n) is 5.06. The molecule has 0 amide bonds. The van der Waals surface area contributed by atoms with E-state index in [0.29, 0.717) is 5.69 Å². The predicted molar refractivity (Wildman–Crippen MR) is 61.3 cm³/mol. The molecule has 17 heavy (non-hydrogen) atoms. The lowest BCUT2D eigenvalue weighted by molar-refractivity contribution is 0.0585. The highest BCUT2D eigenvalue weighted by atomic mass is 16.5. The van der Waals surface area contributed by atoms with Gasteiger partial charge >= 0.3 is 5.97 Å². The summed E-state index contributed by atoms with van der Waals surface area (Å²) in [6.07, 6.45) is 1.52. The Morgan fingerprint density at radius 3 is 2.76 bits per heavy atom. The standard InChI is InChI=1S/C12H11N3O2/c1-8-5-3-4-6-9(8)10-7-13-15-11(14-10)12(16)17-2/h3-7H,1-2H3. The first-order chi connectivity index (χ1) is 8.22. The van der Waals surface area contributed by atoms with Crippen LogP contribution in [-0.4, -0.2) is 28.3 Å². The Morgan fingerprint density at radius 2 is 2.06 bits per heavy atom. The second kappa shape index (κ2) is 4.69. The lowest BCUT2D eigenvalue weighted by Gasteiger charge is -2.04. The van der Waals surface area contributed by atoms with E-state index in [9.17, 15) is 4.79 Å². The van der Waals surface area contributed by atoms with Crippen molar-refractivity contribution in [1.29, 1.82) is 0 Å². The highest BCUT2D eigenvalue weighted by Crippen LogP contribution is 2.19. The minimum absolute atomic E-state index is 0.0340. The molecule has 2 rings (SSSR count). The van der Waals surface area contributed by atoms with Crippen LogP contribution in [0.15, 0.2) is 30.5 Å². The number of aromatic nitrogens is 3. The number of hydrogen-bond acceptors (Lipinski definition) is 5. The first-order valence-corrected chi connectivity index (χ1v) is 5.06. The van der Waals surface area contributed by atoms with Crippen molar-refractivity contribution in [1.82, 2.24) is 15.2 Å². The third-order valence-corrected chi connectivity index (χ3v) is 2.35. The van der Waals surface area contributed by atoms with Crippen LogP contribution in [0.25, 0.3) is 11.3 Å². The van der Waals surface area contributed by atoms with Crippen molar-refractivity contribution in [3.05, 3.63) is 41.9 Å². The van der Waals surface area contributed by atoms with Gasteiger partial charge in [-0.15, -0.1) is 5.10 Å². The SMILES string of the molecule is COC(=O)c1nncc(-c2ccccc2C)n1. The molecule has 1 aromatic heterocycles. The number of ether oxygens (including phenoxy) is 1. The van der Waals surface area contributed by atoms with Crippen molar-refractivity contribution in [2.45, 2.75) is 6.92 Å². The second-order valence-corrected chi connectivity index (χ2v) is 3.47. The fraction of sp³-hybridized carbons (Fsp3) is 0.167. The van der Waals surface area contributed by atoms with Crippen LogP contribution in [0.2, 0.25) is 0 Å². The summed E-state index contributed by atoms with van der Waals surface area (Å²) in [5.41, 5.74) is 2.59. The molecule has 0 radical (unpaired) electrons. The maximum atomic E-state index is 11.3. The molecule has 0 aliphatic carbocycles. The lowest BCUT2D eigenvalue weighted by atomic mass is 10.1. The molecule has 5 heteroatoms. The minimum Gasteiger partial charge on any atom is -0.463 e. The van der Waals surface area contributed by atoms with Gasteiger partial charge < -0.3 is 4.74 Å². The van der Waals surface area contributed by atoms with Crippen molar-refractivity contribution >= 4 is 5.97 Å². The van der Waals surface area contributed by atoms with Crippen molar-refractivity contribution in [3.8, 4) is 11.3 Å². The summed E-state index contributed by atoms with van der Waals surface area (Å²) in [4.78, 5) is 15.4. The van der Waals surface area contributed by atoms with Crippen LogP contribution in [0, 0.1) is 6.92 Å². The molecule has 1 aromatic carbocycles. The number of rotatable bonds is 2. The third kappa shape index (κ3) is 2.28. The molecule has 0 bridgehead atoms. The molecule has 5 nitrogen and oxygen atoms in total. The summed E-state index contributed by atoms with van der Waals surface area (Å²) in [7, 11) is 1.28. The van der Waals surface area contributed by atoms with E-state index in [0.717, 1.165) is 11.1 Å². The average Bonchev–Trinajstić information content (AvgIpc) is 2.38. The maximum Gasteiger partial charge on any atom is 0.378 e. The summed E-state index contributed by atoms with van der Waals surface area (Å²) in [6, 6.07) is 7.73. The molecule has 0 N–H and O–H groups in total. The Kier molecular flexibility index (Phi) is 3.09. The van der Waals surface area contributed by atoms with Gasteiger partial charge in [0.25, 0.3) is 5.82 Å². The highest BCUT2D eigenvalue weighted by molar-refractivity contribution is 5.85. The van der Waals surface area contributed by atoms with Gasteiger partial charge in [-0.25, -0.2) is 9.78 Å². The van der Waals surface area contributed by atoms with E-state index in [4.69, 9.17) is 0 Å². The van der Waals surface area contributed by atoms with Crippen LogP contribution in [0.3, 0.4) is 0 Å². The number of benzene rings is 1. The molecule has 86 valence electrons. The Morgan fingerprint density at radius 1 is 1.29 bits per heavy atom. The zero-order valence-electron chi connectivity index (χ0n) is 9.54. The molecule has 0 saturated heterocycles. The Hall–Kier alpha value is -2.30. The molecule has 1 heterocycles. The van der Waals surface area contributed by atoms with Gasteiger partial charge in [0.15, 0.2) is 0 Å². The van der Waals surface area contributed by atoms with Gasteiger partial charge in [0.1, 0.15) is 0 Å². The van der Waals surface area contributed by atoms with Crippen molar-refractivity contribution < 1.29 is 9.53 Å². The summed E-state index contributed by atoms with van der Waals surface area (Å²) >= 11 is 0. The summed E-state index contributed by atoms with van der Waals surface area (Å²) in [6.45, 7) is 1.97. The monoisotopic (exact) mass is 229 g/mol. The highest BCUT2D eigenvalue weighted by Gasteiger charge is 2.12. The Balaban J connectivity index is 2.47. The van der Waals surface area contributed by atoms with Crippen molar-refractivity contribution in [3.63, 3.8) is 0 Å². The number of carbonyl (C=O) groups excluding carboxylic acids is 1. The van der Waals surface area contributed by atoms with Gasteiger partial charge in [0.05, 0.1) is 19.0 Å². The van der Waals surface area contributed by atoms with Gasteiger partial charge in [-0.3, -0.25) is 0 Å². The average molecular weight is 229 g/mol. The van der Waals surface area contributed by atoms with E-state index >= 15 is 0 Å². The number of nitrogens with zero attached hydrogens (tertiary/aromatic N) is 3. The quantitative estimate of drug-likeness (QED) is 0.732. The Bertz CT molecular complexity index is 555. The smallest absolute Gasteiger partial charge is 0.378 e. The topological polar surface area (TPSA) is 65.0 Å². The van der Waals surface area contributed by atoms with Gasteiger partial charge in [-0.2, -0.15) is 5.10 Å². The zero-order chi connectivity index (χ0) is 12.3. The van der Waals surface area contributed by atoms with Crippen LogP contribution >= 0.6 is 0 Å². The molecular formula is C12H11N3O2. The molecular weight excluding hydrogens is 218 g/mol. The third-order valence-electron chi connectivity index (χ3n) is 2.35. The molecule has 0 spiro atoms. The number of methoxy groups -OCH3 is 1. The molecule has 0 fully saturated rings. The van der Waals surface area contributed by atoms with E-state index in [1.54, 1.807) is 0 Å². The maximum absolute atomic E-state index is 11.3. The largest absolute Gasteiger partial charge is 0.463 e. The van der Waals surface area contributed by atoms with E-state index in [2.05, 4.69) is 19.9 Å². The fourth-order valence-electron chi connectivity index (χ4n) is 1.47. The molecule has 2 aromatic rings. The number of hydrogen-bond donors (Lipinski definition) is 0. The van der Waals surface area contributed by atoms with Crippen LogP contribution in [-0.2, 0) is 4.74 Å². The summed E-state index contributed by atoms with van der Waals surface area (Å²) in [5.74, 6) is -0.624. The fourth-order valence-corrected chi connectivity index (χ4v) is 1.47. The van der Waals surface area contributed by atoms with E-state index in [1.165, 1.54) is 13.3 Å². The molecule has 0 aliphatic heterocycles. The number of aryl methyl sites for hydroxylation is 1. The first kappa shape index (κ1) is 11.2. The van der Waals surface area contributed by atoms with Crippen LogP contribution in [0.5, 0.6) is 0 Å². The van der Waals surface area contributed by atoms with Crippen LogP contribution in [0.4, 0.5) is 0 Å². The van der Waals surface area contributed by atoms with Crippen LogP contribution < -0.4 is 0 Å². The second-order valence-electron chi connectivity index (χ2n) is 3.47. The molecule has 0 atom stereocenters. The lowest BCUT2D eigenvalue weighted by Crippen LogP contribution is -2.09. The molecule has 0 aliphatic rings. The van der Waals surface area contributed by atoms with Crippen molar-refractivity contribution in [2.75, 3.05) is 7.11 Å². The number of carbonyl (C=O) groups is 1. The summed E-state index contributed by atoms with van der Waals surface area (Å²) in [5, 5.41) is 7.39. The normalized spacial score (nSPS) is 10.0. The molecule has 0 unspecified atom stereocenters. The van der Waals surface area contributed by atoms with Gasteiger partial charge in [-0.1, -0.05) is 24.3 Å². The Labute approximate surface area is 98.5 Å². The van der Waals surface area contributed by atoms with Gasteiger partial charge in [0.2, 0.25) is 0 Å². The van der Waals surface area contributed by atoms with E-state index in [1.807, 2.05) is 31.2 Å². The molecule has 0 saturated carbocycles. The number of esters is 1. The van der Waals surface area contributed by atoms with Crippen molar-refractivity contribution in [2.24, 2.45) is 0 Å².